The third-order valence-electron chi connectivity index (χ3n) is 2.18. The summed E-state index contributed by atoms with van der Waals surface area (Å²) in [5.74, 6) is -0.330. The van der Waals surface area contributed by atoms with Crippen LogP contribution in [0.5, 0.6) is 0 Å². The van der Waals surface area contributed by atoms with Gasteiger partial charge in [0.1, 0.15) is 5.82 Å². The zero-order valence-corrected chi connectivity index (χ0v) is 8.63. The second kappa shape index (κ2) is 5.08. The first kappa shape index (κ1) is 11.1. The molecule has 0 heterocycles. The van der Waals surface area contributed by atoms with Crippen molar-refractivity contribution in [2.24, 2.45) is 0 Å². The van der Waals surface area contributed by atoms with Gasteiger partial charge in [-0.25, -0.2) is 4.39 Å². The number of halogens is 1. The van der Waals surface area contributed by atoms with E-state index < -0.39 is 6.29 Å². The summed E-state index contributed by atoms with van der Waals surface area (Å²) in [5, 5.41) is 0. The number of ether oxygens (including phenoxy) is 2. The lowest BCUT2D eigenvalue weighted by molar-refractivity contribution is -0.101. The van der Waals surface area contributed by atoms with Crippen LogP contribution in [0.2, 0.25) is 0 Å². The van der Waals surface area contributed by atoms with Crippen molar-refractivity contribution in [1.29, 1.82) is 0 Å². The fraction of sp³-hybridized carbons (Fsp3) is 0.455. The maximum atomic E-state index is 13.3. The molecule has 0 bridgehead atoms. The molecular formula is C11H14FO2. The van der Waals surface area contributed by atoms with Crippen LogP contribution in [0.1, 0.15) is 11.1 Å². The van der Waals surface area contributed by atoms with Crippen molar-refractivity contribution < 1.29 is 13.9 Å². The van der Waals surface area contributed by atoms with Gasteiger partial charge in [0.15, 0.2) is 6.29 Å². The molecule has 1 radical (unpaired) electrons. The topological polar surface area (TPSA) is 18.5 Å². The zero-order valence-electron chi connectivity index (χ0n) is 8.63. The van der Waals surface area contributed by atoms with Crippen molar-refractivity contribution in [1.82, 2.24) is 0 Å². The molecular weight excluding hydrogens is 183 g/mol. The van der Waals surface area contributed by atoms with Crippen molar-refractivity contribution in [2.45, 2.75) is 19.6 Å². The van der Waals surface area contributed by atoms with E-state index in [1.165, 1.54) is 14.2 Å². The summed E-state index contributed by atoms with van der Waals surface area (Å²) < 4.78 is 23.3. The second-order valence-electron chi connectivity index (χ2n) is 3.06. The van der Waals surface area contributed by atoms with E-state index in [0.29, 0.717) is 12.0 Å². The van der Waals surface area contributed by atoms with Crippen LogP contribution in [0.25, 0.3) is 0 Å². The average Bonchev–Trinajstić information content (AvgIpc) is 2.18. The van der Waals surface area contributed by atoms with E-state index in [4.69, 9.17) is 9.47 Å². The molecule has 2 nitrogen and oxygen atoms in total. The number of aryl methyl sites for hydroxylation is 1. The summed E-state index contributed by atoms with van der Waals surface area (Å²) in [6.07, 6.45) is 0.00106. The van der Waals surface area contributed by atoms with Gasteiger partial charge in [0.2, 0.25) is 0 Å². The highest BCUT2D eigenvalue weighted by molar-refractivity contribution is 5.26. The Kier molecular flexibility index (Phi) is 4.04. The molecule has 0 atom stereocenters. The molecule has 1 rings (SSSR count). The summed E-state index contributed by atoms with van der Waals surface area (Å²) in [7, 11) is 3.07. The summed E-state index contributed by atoms with van der Waals surface area (Å²) in [5.41, 5.74) is 1.49. The Hall–Kier alpha value is -0.930. The van der Waals surface area contributed by atoms with Gasteiger partial charge in [-0.05, 0) is 18.1 Å². The summed E-state index contributed by atoms with van der Waals surface area (Å²) >= 11 is 0. The van der Waals surface area contributed by atoms with Gasteiger partial charge in [-0.2, -0.15) is 0 Å². The normalized spacial score (nSPS) is 10.9. The van der Waals surface area contributed by atoms with Crippen LogP contribution in [-0.4, -0.2) is 20.5 Å². The van der Waals surface area contributed by atoms with Crippen LogP contribution < -0.4 is 0 Å². The van der Waals surface area contributed by atoms with Gasteiger partial charge in [0.05, 0.1) is 0 Å². The third-order valence-corrected chi connectivity index (χ3v) is 2.18. The molecule has 0 aliphatic heterocycles. The number of hydrogen-bond donors (Lipinski definition) is 0. The van der Waals surface area contributed by atoms with Crippen LogP contribution in [0.3, 0.4) is 0 Å². The zero-order chi connectivity index (χ0) is 10.6. The van der Waals surface area contributed by atoms with Crippen molar-refractivity contribution in [3.8, 4) is 0 Å². The minimum absolute atomic E-state index is 0.330. The maximum absolute atomic E-state index is 13.3. The quantitative estimate of drug-likeness (QED) is 0.688. The Labute approximate surface area is 83.6 Å². The van der Waals surface area contributed by atoms with E-state index in [0.717, 1.165) is 5.56 Å². The van der Waals surface area contributed by atoms with Crippen molar-refractivity contribution >= 4 is 0 Å². The van der Waals surface area contributed by atoms with Gasteiger partial charge >= 0.3 is 0 Å². The van der Waals surface area contributed by atoms with Gasteiger partial charge in [-0.3, -0.25) is 0 Å². The van der Waals surface area contributed by atoms with Crippen molar-refractivity contribution in [3.63, 3.8) is 0 Å². The monoisotopic (exact) mass is 197 g/mol. The summed E-state index contributed by atoms with van der Waals surface area (Å²) in [6, 6.07) is 5.91. The Bertz CT molecular complexity index is 275. The highest BCUT2D eigenvalue weighted by Gasteiger charge is 2.12. The predicted molar refractivity (Wildman–Crippen MR) is 51.5 cm³/mol. The lowest BCUT2D eigenvalue weighted by Crippen LogP contribution is -2.17. The minimum Gasteiger partial charge on any atom is -0.356 e. The Morgan fingerprint density at radius 1 is 1.43 bits per heavy atom. The van der Waals surface area contributed by atoms with Gasteiger partial charge in [-0.15, -0.1) is 0 Å². The molecule has 1 aromatic rings. The minimum atomic E-state index is -0.404. The smallest absolute Gasteiger partial charge is 0.160 e. The molecule has 0 amide bonds. The van der Waals surface area contributed by atoms with Gasteiger partial charge < -0.3 is 9.47 Å². The van der Waals surface area contributed by atoms with E-state index in [-0.39, 0.29) is 5.82 Å². The molecule has 3 heteroatoms. The molecule has 0 fully saturated rings. The molecule has 0 aliphatic rings. The maximum Gasteiger partial charge on any atom is 0.160 e. The van der Waals surface area contributed by atoms with Crippen LogP contribution in [0.4, 0.5) is 4.39 Å². The average molecular weight is 197 g/mol. The van der Waals surface area contributed by atoms with Gasteiger partial charge in [-0.1, -0.05) is 12.1 Å². The molecule has 0 spiro atoms. The second-order valence-corrected chi connectivity index (χ2v) is 3.06. The van der Waals surface area contributed by atoms with Crippen LogP contribution in [0, 0.1) is 18.8 Å². The van der Waals surface area contributed by atoms with E-state index in [2.05, 4.69) is 6.07 Å². The highest BCUT2D eigenvalue weighted by Crippen LogP contribution is 2.15. The van der Waals surface area contributed by atoms with Gasteiger partial charge in [0, 0.05) is 26.7 Å². The molecule has 0 aliphatic carbocycles. The first-order valence-electron chi connectivity index (χ1n) is 4.40. The van der Waals surface area contributed by atoms with Crippen LogP contribution in [0.15, 0.2) is 12.1 Å². The van der Waals surface area contributed by atoms with Crippen molar-refractivity contribution in [2.75, 3.05) is 14.2 Å². The van der Waals surface area contributed by atoms with E-state index in [1.807, 2.05) is 13.0 Å². The van der Waals surface area contributed by atoms with Crippen LogP contribution in [-0.2, 0) is 15.9 Å². The van der Waals surface area contributed by atoms with Gasteiger partial charge in [0.25, 0.3) is 0 Å². The summed E-state index contributed by atoms with van der Waals surface area (Å²) in [6.45, 7) is 1.86. The first-order valence-corrected chi connectivity index (χ1v) is 4.40. The largest absolute Gasteiger partial charge is 0.356 e. The molecule has 0 N–H and O–H groups in total. The van der Waals surface area contributed by atoms with Crippen molar-refractivity contribution in [3.05, 3.63) is 35.1 Å². The fourth-order valence-corrected chi connectivity index (χ4v) is 1.28. The SMILES string of the molecule is COC(Cc1c(F)[c]ccc1C)OC. The Morgan fingerprint density at radius 3 is 2.57 bits per heavy atom. The standard InChI is InChI=1S/C11H14FO2/c1-8-5-4-6-10(12)9(8)7-11(13-2)14-3/h4-5,11H,7H2,1-3H3. The fourth-order valence-electron chi connectivity index (χ4n) is 1.28. The Balaban J connectivity index is 2.84. The van der Waals surface area contributed by atoms with Crippen LogP contribution >= 0.6 is 0 Å². The third kappa shape index (κ3) is 2.53. The van der Waals surface area contributed by atoms with E-state index >= 15 is 0 Å². The lowest BCUT2D eigenvalue weighted by Gasteiger charge is -2.15. The molecule has 0 saturated heterocycles. The molecule has 0 saturated carbocycles. The molecule has 14 heavy (non-hydrogen) atoms. The lowest BCUT2D eigenvalue weighted by atomic mass is 10.1. The number of benzene rings is 1. The molecule has 77 valence electrons. The first-order chi connectivity index (χ1) is 6.69. The predicted octanol–water partition coefficient (Wildman–Crippen LogP) is 2.10. The molecule has 0 unspecified atom stereocenters. The number of methoxy groups -OCH3 is 2. The molecule has 1 aromatic carbocycles. The number of rotatable bonds is 4. The van der Waals surface area contributed by atoms with E-state index in [9.17, 15) is 4.39 Å². The molecule has 0 aromatic heterocycles. The number of hydrogen-bond acceptors (Lipinski definition) is 2. The summed E-state index contributed by atoms with van der Waals surface area (Å²) in [4.78, 5) is 0. The highest BCUT2D eigenvalue weighted by atomic mass is 19.1. The Morgan fingerprint density at radius 2 is 2.07 bits per heavy atom. The van der Waals surface area contributed by atoms with E-state index in [1.54, 1.807) is 6.07 Å².